The maximum atomic E-state index is 13.3. The Balaban J connectivity index is 1.25. The number of hydrogen-bond donors (Lipinski definition) is 1. The second-order valence-electron chi connectivity index (χ2n) is 11.6. The maximum Gasteiger partial charge on any atom is 0.394 e. The number of carbonyl (C=O) groups is 1. The van der Waals surface area contributed by atoms with Crippen LogP contribution in [0.5, 0.6) is 5.88 Å². The molecule has 3 aromatic heterocycles. The van der Waals surface area contributed by atoms with E-state index in [2.05, 4.69) is 33.7 Å². The molecule has 1 saturated carbocycles. The summed E-state index contributed by atoms with van der Waals surface area (Å²) in [5, 5.41) is 9.66. The number of aromatic nitrogens is 5. The largest absolute Gasteiger partial charge is 0.477 e. The van der Waals surface area contributed by atoms with Crippen LogP contribution in [0.2, 0.25) is 0 Å². The molecule has 1 saturated heterocycles. The number of hydrogen-bond acceptors (Lipinski definition) is 7. The summed E-state index contributed by atoms with van der Waals surface area (Å²) in [6, 6.07) is 6.95. The first-order valence-electron chi connectivity index (χ1n) is 13.6. The topological polar surface area (TPSA) is 90.1 Å². The van der Waals surface area contributed by atoms with Gasteiger partial charge in [0.15, 0.2) is 5.82 Å². The lowest BCUT2D eigenvalue weighted by atomic mass is 9.93. The number of halogens is 3. The zero-order chi connectivity index (χ0) is 28.1. The van der Waals surface area contributed by atoms with Gasteiger partial charge in [0.1, 0.15) is 10.8 Å². The number of ether oxygens (including phenoxy) is 1. The first-order chi connectivity index (χ1) is 19.0. The highest BCUT2D eigenvalue weighted by molar-refractivity contribution is 7.97. The summed E-state index contributed by atoms with van der Waals surface area (Å²) in [4.78, 5) is 20.5. The molecule has 3 aliphatic rings. The van der Waals surface area contributed by atoms with E-state index in [0.717, 1.165) is 32.4 Å². The molecule has 9 nitrogen and oxygen atoms in total. The molecule has 6 rings (SSSR count). The molecule has 0 aromatic carbocycles. The van der Waals surface area contributed by atoms with Crippen molar-refractivity contribution in [2.45, 2.75) is 75.7 Å². The molecule has 1 atom stereocenters. The quantitative estimate of drug-likeness (QED) is 0.407. The van der Waals surface area contributed by atoms with E-state index < -0.39 is 11.6 Å². The summed E-state index contributed by atoms with van der Waals surface area (Å²) >= 11 is 1.17. The van der Waals surface area contributed by atoms with Crippen LogP contribution in [0.4, 0.5) is 19.0 Å². The molecule has 40 heavy (non-hydrogen) atoms. The Bertz CT molecular complexity index is 1400. The van der Waals surface area contributed by atoms with Crippen molar-refractivity contribution in [2.75, 3.05) is 18.1 Å². The second-order valence-corrected chi connectivity index (χ2v) is 12.4. The van der Waals surface area contributed by atoms with Gasteiger partial charge in [0, 0.05) is 49.0 Å². The molecule has 3 aromatic rings. The molecule has 0 spiro atoms. The lowest BCUT2D eigenvalue weighted by molar-refractivity contribution is -0.190. The molecule has 4 bridgehead atoms. The molecule has 0 radical (unpaired) electrons. The predicted octanol–water partition coefficient (Wildman–Crippen LogP) is 5.41. The fourth-order valence-corrected chi connectivity index (χ4v) is 6.39. The molecule has 2 fully saturated rings. The van der Waals surface area contributed by atoms with E-state index in [0.29, 0.717) is 28.1 Å². The van der Waals surface area contributed by atoms with Gasteiger partial charge in [-0.2, -0.15) is 18.3 Å². The lowest BCUT2D eigenvalue weighted by Crippen LogP contribution is -2.40. The Hall–Kier alpha value is -3.22. The van der Waals surface area contributed by atoms with Gasteiger partial charge < -0.3 is 9.64 Å². The summed E-state index contributed by atoms with van der Waals surface area (Å²) in [6.07, 6.45) is 2.62. The molecular weight excluding hydrogens is 543 g/mol. The number of anilines is 1. The normalized spacial score (nSPS) is 21.9. The second kappa shape index (κ2) is 10.0. The van der Waals surface area contributed by atoms with Gasteiger partial charge in [-0.3, -0.25) is 14.2 Å². The van der Waals surface area contributed by atoms with Crippen LogP contribution >= 0.6 is 11.9 Å². The van der Waals surface area contributed by atoms with Crippen LogP contribution < -0.4 is 14.4 Å². The first-order valence-corrected chi connectivity index (χ1v) is 14.4. The smallest absolute Gasteiger partial charge is 0.394 e. The highest BCUT2D eigenvalue weighted by atomic mass is 32.2. The number of rotatable bonds is 5. The van der Waals surface area contributed by atoms with Crippen molar-refractivity contribution in [1.29, 1.82) is 0 Å². The van der Waals surface area contributed by atoms with Gasteiger partial charge in [-0.15, -0.1) is 5.10 Å². The summed E-state index contributed by atoms with van der Waals surface area (Å²) < 4.78 is 51.6. The van der Waals surface area contributed by atoms with Crippen molar-refractivity contribution in [3.63, 3.8) is 0 Å². The van der Waals surface area contributed by atoms with E-state index >= 15 is 0 Å². The fraction of sp³-hybridized carbons (Fsp3) is 0.556. The van der Waals surface area contributed by atoms with Gasteiger partial charge in [0.05, 0.1) is 17.6 Å². The average Bonchev–Trinajstić information content (AvgIpc) is 3.20. The van der Waals surface area contributed by atoms with Gasteiger partial charge >= 0.3 is 6.18 Å². The Kier molecular flexibility index (Phi) is 6.75. The van der Waals surface area contributed by atoms with E-state index in [4.69, 9.17) is 9.72 Å². The highest BCUT2D eigenvalue weighted by Gasteiger charge is 2.62. The summed E-state index contributed by atoms with van der Waals surface area (Å²) in [5.41, 5.74) is -1.38. The van der Waals surface area contributed by atoms with Crippen molar-refractivity contribution in [3.8, 4) is 11.7 Å². The van der Waals surface area contributed by atoms with Gasteiger partial charge in [-0.25, -0.2) is 9.67 Å². The number of nitrogens with one attached hydrogen (secondary N) is 1. The summed E-state index contributed by atoms with van der Waals surface area (Å²) in [6.45, 7) is 5.87. The van der Waals surface area contributed by atoms with Gasteiger partial charge in [0.2, 0.25) is 5.88 Å². The van der Waals surface area contributed by atoms with Crippen LogP contribution in [0.15, 0.2) is 41.7 Å². The standard InChI is InChI=1S/C27H32F3N7O2S/c1-25(2)16-18-4-3-12-35-13-8-22(33-35)40-34-24(38)19-5-6-20(31-23(19)36(25)17-18)37-14-7-21(32-37)39-15-11-26(9-10-26)27(28,29)30/h5-8,13-14,18H,3-4,9-12,15-17H2,1-2H3,(H,34,38). The van der Waals surface area contributed by atoms with Crippen LogP contribution in [-0.2, 0) is 6.54 Å². The predicted molar refractivity (Wildman–Crippen MR) is 144 cm³/mol. The van der Waals surface area contributed by atoms with Crippen molar-refractivity contribution in [3.05, 3.63) is 42.2 Å². The van der Waals surface area contributed by atoms with E-state index in [1.807, 2.05) is 16.9 Å². The zero-order valence-corrected chi connectivity index (χ0v) is 23.3. The molecule has 1 N–H and O–H groups in total. The monoisotopic (exact) mass is 575 g/mol. The minimum atomic E-state index is -4.20. The maximum absolute atomic E-state index is 13.3. The summed E-state index contributed by atoms with van der Waals surface area (Å²) in [7, 11) is 0. The third kappa shape index (κ3) is 5.27. The molecule has 1 amide bonds. The molecule has 1 aliphatic carbocycles. The van der Waals surface area contributed by atoms with Crippen LogP contribution in [-0.4, -0.2) is 55.3 Å². The number of pyridine rings is 1. The van der Waals surface area contributed by atoms with Crippen molar-refractivity contribution in [2.24, 2.45) is 11.3 Å². The van der Waals surface area contributed by atoms with Gasteiger partial charge in [-0.1, -0.05) is 0 Å². The molecule has 13 heteroatoms. The van der Waals surface area contributed by atoms with E-state index in [1.165, 1.54) is 16.6 Å². The first kappa shape index (κ1) is 27.0. The van der Waals surface area contributed by atoms with Crippen LogP contribution in [0.3, 0.4) is 0 Å². The van der Waals surface area contributed by atoms with Gasteiger partial charge in [-0.05, 0) is 76.5 Å². The molecule has 1 unspecified atom stereocenters. The number of alkyl halides is 3. The van der Waals surface area contributed by atoms with Crippen LogP contribution in [0.25, 0.3) is 5.82 Å². The average molecular weight is 576 g/mol. The van der Waals surface area contributed by atoms with Crippen LogP contribution in [0.1, 0.15) is 62.7 Å². The number of carbonyl (C=O) groups excluding carboxylic acids is 1. The SMILES string of the molecule is CC1(C)CC2CCCn3ccc(n3)SNC(=O)c3ccc(-n4ccc(OCCC5(C(F)(F)F)CC5)n4)nc3N1C2. The van der Waals surface area contributed by atoms with Crippen molar-refractivity contribution in [1.82, 2.24) is 29.3 Å². The minimum absolute atomic E-state index is 0.0619. The van der Waals surface area contributed by atoms with Gasteiger partial charge in [0.25, 0.3) is 5.91 Å². The Morgan fingerprint density at radius 2 is 1.98 bits per heavy atom. The third-order valence-electron chi connectivity index (χ3n) is 8.27. The minimum Gasteiger partial charge on any atom is -0.477 e. The fourth-order valence-electron chi connectivity index (χ4n) is 5.81. The third-order valence-corrected chi connectivity index (χ3v) is 8.98. The Morgan fingerprint density at radius 1 is 1.15 bits per heavy atom. The molecule has 2 aliphatic heterocycles. The summed E-state index contributed by atoms with van der Waals surface area (Å²) in [5.74, 6) is 1.47. The number of nitrogens with zero attached hydrogens (tertiary/aromatic N) is 6. The van der Waals surface area contributed by atoms with Crippen LogP contribution in [0, 0.1) is 11.3 Å². The zero-order valence-electron chi connectivity index (χ0n) is 22.4. The molecule has 214 valence electrons. The number of amides is 1. The number of fused-ring (bicyclic) bond motifs is 6. The van der Waals surface area contributed by atoms with Crippen molar-refractivity contribution >= 4 is 23.7 Å². The van der Waals surface area contributed by atoms with Crippen molar-refractivity contribution < 1.29 is 22.7 Å². The molecule has 5 heterocycles. The Morgan fingerprint density at radius 3 is 2.75 bits per heavy atom. The molecular formula is C27H32F3N7O2S. The van der Waals surface area contributed by atoms with E-state index in [-0.39, 0.29) is 43.2 Å². The highest BCUT2D eigenvalue weighted by Crippen LogP contribution is 2.59. The Labute approximate surface area is 234 Å². The lowest BCUT2D eigenvalue weighted by Gasteiger charge is -2.34. The van der Waals surface area contributed by atoms with E-state index in [1.54, 1.807) is 24.4 Å². The number of aryl methyl sites for hydroxylation is 1. The van der Waals surface area contributed by atoms with E-state index in [9.17, 15) is 18.0 Å².